The number of hydrogen-bond donors (Lipinski definition) is 2. The molecule has 6 rings (SSSR count). The average Bonchev–Trinajstić information content (AvgIpc) is 3.49. The summed E-state index contributed by atoms with van der Waals surface area (Å²) in [6.07, 6.45) is 2.80. The van der Waals surface area contributed by atoms with Crippen molar-refractivity contribution in [2.24, 2.45) is 0 Å². The van der Waals surface area contributed by atoms with Crippen LogP contribution in [0.3, 0.4) is 0 Å². The summed E-state index contributed by atoms with van der Waals surface area (Å²) in [5.74, 6) is 1.13. The van der Waals surface area contributed by atoms with Crippen molar-refractivity contribution in [3.8, 4) is 5.75 Å². The molecule has 2 aliphatic rings. The lowest BCUT2D eigenvalue weighted by Crippen LogP contribution is -2.50. The third kappa shape index (κ3) is 4.76. The zero-order valence-corrected chi connectivity index (χ0v) is 23.8. The number of anilines is 2. The quantitative estimate of drug-likeness (QED) is 0.355. The Labute approximate surface area is 238 Å². The highest BCUT2D eigenvalue weighted by Gasteiger charge is 2.46. The van der Waals surface area contributed by atoms with E-state index in [0.29, 0.717) is 45.5 Å². The molecule has 0 radical (unpaired) electrons. The number of Topliss-reactive ketones (excluding diaryl/α,β-unsaturated/α-hetero) is 1. The van der Waals surface area contributed by atoms with Gasteiger partial charge in [-0.2, -0.15) is 4.98 Å². The molecule has 0 aliphatic carbocycles. The zero-order valence-electron chi connectivity index (χ0n) is 23.8. The van der Waals surface area contributed by atoms with E-state index >= 15 is 0 Å². The highest BCUT2D eigenvalue weighted by molar-refractivity contribution is 6.04. The predicted molar refractivity (Wildman–Crippen MR) is 161 cm³/mol. The van der Waals surface area contributed by atoms with Gasteiger partial charge in [-0.05, 0) is 68.6 Å². The van der Waals surface area contributed by atoms with E-state index in [1.54, 1.807) is 35.4 Å². The number of ketones is 1. The first-order chi connectivity index (χ1) is 19.6. The number of nitrogens with one attached hydrogen (secondary N) is 2. The van der Waals surface area contributed by atoms with Crippen molar-refractivity contribution in [3.05, 3.63) is 94.4 Å². The Balaban J connectivity index is 1.47. The summed E-state index contributed by atoms with van der Waals surface area (Å²) in [6, 6.07) is 16.1. The summed E-state index contributed by atoms with van der Waals surface area (Å²) in [6.45, 7) is 9.79. The van der Waals surface area contributed by atoms with Gasteiger partial charge >= 0.3 is 0 Å². The molecule has 9 nitrogen and oxygen atoms in total. The normalized spacial score (nSPS) is 19.5. The minimum absolute atomic E-state index is 0.210. The molecule has 1 fully saturated rings. The highest BCUT2D eigenvalue weighted by Crippen LogP contribution is 2.40. The number of para-hydroxylation sites is 1. The van der Waals surface area contributed by atoms with Crippen LogP contribution >= 0.6 is 0 Å². The second kappa shape index (κ2) is 10.2. The van der Waals surface area contributed by atoms with E-state index in [1.165, 1.54) is 10.1 Å². The van der Waals surface area contributed by atoms with Gasteiger partial charge in [0, 0.05) is 43.6 Å². The molecular formula is C32H34N6O3. The fourth-order valence-corrected chi connectivity index (χ4v) is 5.76. The number of pyridine rings is 1. The zero-order chi connectivity index (χ0) is 28.9. The van der Waals surface area contributed by atoms with Crippen LogP contribution < -0.4 is 20.9 Å². The fourth-order valence-electron chi connectivity index (χ4n) is 5.76. The SMILES string of the molecule is C=C(c1cc2cnc(Nc3ccc(C4CCNC4)cc3)nc2n(C2C(=O)c3ccccc3OC2(C)C)c1=O)N(C)C. The summed E-state index contributed by atoms with van der Waals surface area (Å²) in [7, 11) is 3.65. The lowest BCUT2D eigenvalue weighted by molar-refractivity contribution is 0.0304. The van der Waals surface area contributed by atoms with E-state index in [4.69, 9.17) is 9.72 Å². The number of fused-ring (bicyclic) bond motifs is 2. The van der Waals surface area contributed by atoms with Crippen LogP contribution in [0.25, 0.3) is 16.7 Å². The van der Waals surface area contributed by atoms with E-state index in [0.717, 1.165) is 25.2 Å². The van der Waals surface area contributed by atoms with Gasteiger partial charge in [-0.3, -0.25) is 14.2 Å². The molecule has 2 aromatic heterocycles. The maximum Gasteiger partial charge on any atom is 0.262 e. The maximum absolute atomic E-state index is 14.2. The molecule has 210 valence electrons. The molecule has 0 spiro atoms. The standard InChI is InChI=1S/C32H34N6O3/c1-19(37(4)5)25-16-22-18-34-31(35-23-12-10-20(11-13-23)21-14-15-33-17-21)36-29(22)38(30(25)40)28-27(39)24-8-6-7-9-26(24)41-32(28,2)3/h6-13,16,18,21,28,33H,1,14-15,17H2,2-5H3,(H,34,35,36). The van der Waals surface area contributed by atoms with Gasteiger partial charge in [0.2, 0.25) is 5.95 Å². The molecule has 2 aliphatic heterocycles. The molecule has 0 amide bonds. The Morgan fingerprint density at radius 1 is 1.15 bits per heavy atom. The first-order valence-electron chi connectivity index (χ1n) is 13.8. The van der Waals surface area contributed by atoms with Gasteiger partial charge in [-0.15, -0.1) is 0 Å². The third-order valence-corrected chi connectivity index (χ3v) is 8.01. The van der Waals surface area contributed by atoms with Crippen LogP contribution in [0, 0.1) is 0 Å². The Kier molecular flexibility index (Phi) is 6.62. The van der Waals surface area contributed by atoms with Gasteiger partial charge in [0.1, 0.15) is 23.0 Å². The van der Waals surface area contributed by atoms with Crippen molar-refractivity contribution in [3.63, 3.8) is 0 Å². The van der Waals surface area contributed by atoms with E-state index in [-0.39, 0.29) is 11.3 Å². The van der Waals surface area contributed by atoms with Crippen molar-refractivity contribution < 1.29 is 9.53 Å². The summed E-state index contributed by atoms with van der Waals surface area (Å²) in [5.41, 5.74) is 2.37. The molecule has 0 saturated carbocycles. The monoisotopic (exact) mass is 550 g/mol. The van der Waals surface area contributed by atoms with Gasteiger partial charge in [0.05, 0.1) is 11.1 Å². The summed E-state index contributed by atoms with van der Waals surface area (Å²) in [5, 5.41) is 7.29. The summed E-state index contributed by atoms with van der Waals surface area (Å²) < 4.78 is 7.77. The minimum Gasteiger partial charge on any atom is -0.484 e. The topological polar surface area (TPSA) is 101 Å². The molecule has 2 aromatic carbocycles. The third-order valence-electron chi connectivity index (χ3n) is 8.01. The molecule has 2 unspecified atom stereocenters. The van der Waals surface area contributed by atoms with Crippen LogP contribution in [-0.4, -0.2) is 58.0 Å². The largest absolute Gasteiger partial charge is 0.484 e. The van der Waals surface area contributed by atoms with Crippen LogP contribution in [0.15, 0.2) is 72.2 Å². The van der Waals surface area contributed by atoms with Crippen molar-refractivity contribution in [1.29, 1.82) is 0 Å². The van der Waals surface area contributed by atoms with Gasteiger partial charge in [-0.25, -0.2) is 4.98 Å². The average molecular weight is 551 g/mol. The number of ether oxygens (including phenoxy) is 1. The van der Waals surface area contributed by atoms with Crippen molar-refractivity contribution in [1.82, 2.24) is 24.8 Å². The maximum atomic E-state index is 14.2. The van der Waals surface area contributed by atoms with Gasteiger partial charge in [0.15, 0.2) is 5.78 Å². The minimum atomic E-state index is -1.04. The number of carbonyl (C=O) groups excluding carboxylic acids is 1. The molecule has 2 atom stereocenters. The second-order valence-electron chi connectivity index (χ2n) is 11.5. The Hall–Kier alpha value is -4.50. The van der Waals surface area contributed by atoms with Crippen LogP contribution in [0.2, 0.25) is 0 Å². The molecular weight excluding hydrogens is 516 g/mol. The second-order valence-corrected chi connectivity index (χ2v) is 11.5. The summed E-state index contributed by atoms with van der Waals surface area (Å²) >= 11 is 0. The Morgan fingerprint density at radius 3 is 2.61 bits per heavy atom. The van der Waals surface area contributed by atoms with Crippen molar-refractivity contribution in [2.75, 3.05) is 32.5 Å². The molecule has 4 aromatic rings. The number of carbonyl (C=O) groups is 1. The number of rotatable bonds is 6. The molecule has 9 heteroatoms. The van der Waals surface area contributed by atoms with Gasteiger partial charge < -0.3 is 20.3 Å². The molecule has 4 heterocycles. The molecule has 2 N–H and O–H groups in total. The Bertz CT molecular complexity index is 1720. The van der Waals surface area contributed by atoms with Gasteiger partial charge in [-0.1, -0.05) is 30.8 Å². The van der Waals surface area contributed by atoms with E-state index in [2.05, 4.69) is 34.3 Å². The highest BCUT2D eigenvalue weighted by atomic mass is 16.5. The number of nitrogens with zero attached hydrogens (tertiary/aromatic N) is 4. The lowest BCUT2D eigenvalue weighted by atomic mass is 9.86. The first-order valence-corrected chi connectivity index (χ1v) is 13.8. The van der Waals surface area contributed by atoms with E-state index in [1.807, 2.05) is 46.1 Å². The fraction of sp³-hybridized carbons (Fsp3) is 0.312. The number of benzene rings is 2. The number of aromatic nitrogens is 3. The van der Waals surface area contributed by atoms with Gasteiger partial charge in [0.25, 0.3) is 5.56 Å². The van der Waals surface area contributed by atoms with E-state index < -0.39 is 11.6 Å². The van der Waals surface area contributed by atoms with Crippen LogP contribution in [0.1, 0.15) is 53.7 Å². The molecule has 0 bridgehead atoms. The summed E-state index contributed by atoms with van der Waals surface area (Å²) in [4.78, 5) is 39.3. The molecule has 41 heavy (non-hydrogen) atoms. The first kappa shape index (κ1) is 26.7. The van der Waals surface area contributed by atoms with Crippen LogP contribution in [-0.2, 0) is 0 Å². The smallest absolute Gasteiger partial charge is 0.262 e. The van der Waals surface area contributed by atoms with Crippen LogP contribution in [0.5, 0.6) is 5.75 Å². The Morgan fingerprint density at radius 2 is 1.90 bits per heavy atom. The van der Waals surface area contributed by atoms with E-state index in [9.17, 15) is 9.59 Å². The lowest BCUT2D eigenvalue weighted by Gasteiger charge is -2.40. The number of hydrogen-bond acceptors (Lipinski definition) is 8. The van der Waals surface area contributed by atoms with Crippen LogP contribution in [0.4, 0.5) is 11.6 Å². The predicted octanol–water partition coefficient (Wildman–Crippen LogP) is 4.74. The molecule has 1 saturated heterocycles. The van der Waals surface area contributed by atoms with Crippen molar-refractivity contribution in [2.45, 2.75) is 37.8 Å². The van der Waals surface area contributed by atoms with Crippen molar-refractivity contribution >= 4 is 34.1 Å².